The molecule has 1 heterocycles. The van der Waals surface area contributed by atoms with Crippen LogP contribution < -0.4 is 0 Å². The fourth-order valence-corrected chi connectivity index (χ4v) is 2.81. The number of nitrogens with zero attached hydrogens (tertiary/aromatic N) is 1. The normalized spacial score (nSPS) is 16.3. The lowest BCUT2D eigenvalue weighted by molar-refractivity contribution is 0.195. The fourth-order valence-electron chi connectivity index (χ4n) is 1.36. The second-order valence-electron chi connectivity index (χ2n) is 3.35. The Morgan fingerprint density at radius 1 is 1.33 bits per heavy atom. The maximum atomic E-state index is 10.7. The molecule has 1 aromatic rings. The maximum Gasteiger partial charge on any atom is 0.316 e. The van der Waals surface area contributed by atoms with Gasteiger partial charge in [-0.15, -0.1) is 11.8 Å². The van der Waals surface area contributed by atoms with E-state index < -0.39 is 0 Å². The first-order valence-corrected chi connectivity index (χ1v) is 6.15. The van der Waals surface area contributed by atoms with E-state index in [4.69, 9.17) is 23.2 Å². The number of carbonyl (C=O) groups is 1. The summed E-state index contributed by atoms with van der Waals surface area (Å²) in [6, 6.07) is 7.70. The van der Waals surface area contributed by atoms with Gasteiger partial charge in [0.1, 0.15) is 0 Å². The van der Waals surface area contributed by atoms with E-state index in [1.54, 1.807) is 16.7 Å². The second kappa shape index (κ2) is 4.64. The molecule has 5 heteroatoms. The molecular weight excluding hydrogens is 253 g/mol. The van der Waals surface area contributed by atoms with Gasteiger partial charge in [0.25, 0.3) is 0 Å². The number of carbonyl (C=O) groups excluding carboxylic acids is 1. The lowest BCUT2D eigenvalue weighted by Crippen LogP contribution is -2.49. The zero-order chi connectivity index (χ0) is 10.8. The van der Waals surface area contributed by atoms with E-state index in [9.17, 15) is 4.79 Å². The van der Waals surface area contributed by atoms with E-state index >= 15 is 0 Å². The highest BCUT2D eigenvalue weighted by Gasteiger charge is 2.30. The molecule has 80 valence electrons. The second-order valence-corrected chi connectivity index (χ2v) is 5.49. The molecule has 0 unspecified atom stereocenters. The average molecular weight is 262 g/mol. The number of rotatable bonds is 2. The predicted octanol–water partition coefficient (Wildman–Crippen LogP) is 3.48. The van der Waals surface area contributed by atoms with Crippen LogP contribution in [0.4, 0.5) is 4.79 Å². The summed E-state index contributed by atoms with van der Waals surface area (Å²) in [4.78, 5) is 13.5. The molecule has 1 saturated heterocycles. The van der Waals surface area contributed by atoms with Crippen molar-refractivity contribution in [3.05, 3.63) is 29.3 Å². The van der Waals surface area contributed by atoms with E-state index in [-0.39, 0.29) is 5.37 Å². The first kappa shape index (κ1) is 11.1. The van der Waals surface area contributed by atoms with Crippen LogP contribution in [0.1, 0.15) is 0 Å². The Balaban J connectivity index is 1.85. The minimum Gasteiger partial charge on any atom is -0.327 e. The molecule has 0 N–H and O–H groups in total. The Morgan fingerprint density at radius 2 is 1.93 bits per heavy atom. The highest BCUT2D eigenvalue weighted by atomic mass is 35.5. The van der Waals surface area contributed by atoms with Crippen molar-refractivity contribution in [3.63, 3.8) is 0 Å². The highest BCUT2D eigenvalue weighted by molar-refractivity contribution is 8.00. The van der Waals surface area contributed by atoms with Crippen molar-refractivity contribution in [2.24, 2.45) is 0 Å². The summed E-state index contributed by atoms with van der Waals surface area (Å²) >= 11 is 12.9. The summed E-state index contributed by atoms with van der Waals surface area (Å²) < 4.78 is 0. The Morgan fingerprint density at radius 3 is 2.47 bits per heavy atom. The highest BCUT2D eigenvalue weighted by Crippen LogP contribution is 2.30. The minimum absolute atomic E-state index is 0.358. The van der Waals surface area contributed by atoms with Crippen LogP contribution in [-0.4, -0.2) is 28.6 Å². The van der Waals surface area contributed by atoms with Crippen LogP contribution in [0.15, 0.2) is 29.2 Å². The quantitative estimate of drug-likeness (QED) is 0.600. The number of halogens is 2. The van der Waals surface area contributed by atoms with Gasteiger partial charge in [-0.05, 0) is 35.9 Å². The molecule has 2 rings (SSSR count). The summed E-state index contributed by atoms with van der Waals surface area (Å²) in [6.45, 7) is 1.46. The van der Waals surface area contributed by atoms with Crippen molar-refractivity contribution in [3.8, 4) is 0 Å². The van der Waals surface area contributed by atoms with Gasteiger partial charge in [0.05, 0.1) is 0 Å². The largest absolute Gasteiger partial charge is 0.327 e. The Bertz CT molecular complexity index is 362. The number of thioether (sulfide) groups is 1. The number of benzene rings is 1. The van der Waals surface area contributed by atoms with Crippen LogP contribution in [0, 0.1) is 0 Å². The van der Waals surface area contributed by atoms with Crippen molar-refractivity contribution < 1.29 is 4.79 Å². The maximum absolute atomic E-state index is 10.7. The van der Waals surface area contributed by atoms with Crippen molar-refractivity contribution in [1.29, 1.82) is 0 Å². The van der Waals surface area contributed by atoms with Gasteiger partial charge in [0.15, 0.2) is 0 Å². The standard InChI is InChI=1S/C10H9Cl2NOS/c11-7-1-3-8(4-2-7)15-9-5-13(6-9)10(12)14/h1-4,9H,5-6H2. The van der Waals surface area contributed by atoms with Crippen LogP contribution in [0.3, 0.4) is 0 Å². The predicted molar refractivity (Wildman–Crippen MR) is 63.9 cm³/mol. The number of amides is 1. The van der Waals surface area contributed by atoms with Gasteiger partial charge in [-0.1, -0.05) is 11.6 Å². The Hall–Kier alpha value is -0.380. The third-order valence-electron chi connectivity index (χ3n) is 2.21. The topological polar surface area (TPSA) is 20.3 Å². The Kier molecular flexibility index (Phi) is 3.44. The first-order valence-electron chi connectivity index (χ1n) is 4.52. The molecule has 1 fully saturated rings. The van der Waals surface area contributed by atoms with Gasteiger partial charge in [-0.25, -0.2) is 0 Å². The SMILES string of the molecule is O=C(Cl)N1CC(Sc2ccc(Cl)cc2)C1. The van der Waals surface area contributed by atoms with Crippen LogP contribution in [0.2, 0.25) is 5.02 Å². The summed E-state index contributed by atoms with van der Waals surface area (Å²) in [6.07, 6.45) is 0. The van der Waals surface area contributed by atoms with Gasteiger partial charge in [0.2, 0.25) is 0 Å². The zero-order valence-corrected chi connectivity index (χ0v) is 10.1. The first-order chi connectivity index (χ1) is 7.15. The lowest BCUT2D eigenvalue weighted by atomic mass is 10.2. The average Bonchev–Trinajstić information content (AvgIpc) is 2.13. The van der Waals surface area contributed by atoms with Gasteiger partial charge in [0, 0.05) is 28.3 Å². The molecule has 0 bridgehead atoms. The molecule has 1 aliphatic rings. The summed E-state index contributed by atoms with van der Waals surface area (Å²) in [7, 11) is 0. The molecule has 0 radical (unpaired) electrons. The molecular formula is C10H9Cl2NOS. The van der Waals surface area contributed by atoms with Gasteiger partial charge in [-0.2, -0.15) is 0 Å². The van der Waals surface area contributed by atoms with Crippen LogP contribution >= 0.6 is 35.0 Å². The molecule has 0 spiro atoms. The number of hydrogen-bond donors (Lipinski definition) is 0. The third-order valence-corrected chi connectivity index (χ3v) is 3.88. The van der Waals surface area contributed by atoms with Crippen LogP contribution in [-0.2, 0) is 0 Å². The number of hydrogen-bond acceptors (Lipinski definition) is 2. The lowest BCUT2D eigenvalue weighted by Gasteiger charge is -2.37. The fraction of sp³-hybridized carbons (Fsp3) is 0.300. The van der Waals surface area contributed by atoms with Crippen molar-refractivity contribution in [2.45, 2.75) is 10.1 Å². The van der Waals surface area contributed by atoms with E-state index in [1.165, 1.54) is 4.90 Å². The molecule has 1 aromatic carbocycles. The molecule has 0 aliphatic carbocycles. The van der Waals surface area contributed by atoms with Gasteiger partial charge < -0.3 is 4.90 Å². The number of likely N-dealkylation sites (tertiary alicyclic amines) is 1. The van der Waals surface area contributed by atoms with Gasteiger partial charge in [-0.3, -0.25) is 4.79 Å². The van der Waals surface area contributed by atoms with Crippen LogP contribution in [0.5, 0.6) is 0 Å². The molecule has 0 atom stereocenters. The van der Waals surface area contributed by atoms with E-state index in [0.717, 1.165) is 18.1 Å². The Labute approximate surface area is 103 Å². The summed E-state index contributed by atoms with van der Waals surface area (Å²) in [5.41, 5.74) is 0. The zero-order valence-electron chi connectivity index (χ0n) is 7.82. The van der Waals surface area contributed by atoms with Gasteiger partial charge >= 0.3 is 5.37 Å². The summed E-state index contributed by atoms with van der Waals surface area (Å²) in [5, 5.41) is 0.836. The molecule has 15 heavy (non-hydrogen) atoms. The minimum atomic E-state index is -0.358. The van der Waals surface area contributed by atoms with Crippen molar-refractivity contribution in [2.75, 3.05) is 13.1 Å². The van der Waals surface area contributed by atoms with Crippen molar-refractivity contribution >= 4 is 40.3 Å². The molecule has 0 aromatic heterocycles. The van der Waals surface area contributed by atoms with E-state index in [1.807, 2.05) is 24.3 Å². The molecule has 1 aliphatic heterocycles. The van der Waals surface area contributed by atoms with Crippen LogP contribution in [0.25, 0.3) is 0 Å². The third kappa shape index (κ3) is 2.80. The molecule has 0 saturated carbocycles. The molecule has 1 amide bonds. The van der Waals surface area contributed by atoms with Crippen molar-refractivity contribution in [1.82, 2.24) is 4.90 Å². The van der Waals surface area contributed by atoms with E-state index in [0.29, 0.717) is 5.25 Å². The monoisotopic (exact) mass is 261 g/mol. The molecule has 2 nitrogen and oxygen atoms in total. The summed E-state index contributed by atoms with van der Waals surface area (Å²) in [5.74, 6) is 0. The smallest absolute Gasteiger partial charge is 0.316 e. The van der Waals surface area contributed by atoms with E-state index in [2.05, 4.69) is 0 Å².